The summed E-state index contributed by atoms with van der Waals surface area (Å²) in [5.41, 5.74) is 0.637. The molecule has 0 spiro atoms. The Hall–Kier alpha value is -0.340. The molecule has 2 aliphatic carbocycles. The Labute approximate surface area is 102 Å². The van der Waals surface area contributed by atoms with Gasteiger partial charge in [0.25, 0.3) is 0 Å². The second-order valence-electron chi connectivity index (χ2n) is 5.55. The highest BCUT2D eigenvalue weighted by molar-refractivity contribution is 7.11. The summed E-state index contributed by atoms with van der Waals surface area (Å²) in [7, 11) is 0. The van der Waals surface area contributed by atoms with E-state index in [0.29, 0.717) is 5.41 Å². The average molecular weight is 235 g/mol. The number of hydrogen-bond donors (Lipinski definition) is 1. The van der Waals surface area contributed by atoms with Gasteiger partial charge >= 0.3 is 0 Å². The summed E-state index contributed by atoms with van der Waals surface area (Å²) in [5, 5.41) is 3.71. The molecule has 0 radical (unpaired) electrons. The largest absolute Gasteiger partial charge is 0.313 e. The maximum absolute atomic E-state index is 3.71. The van der Waals surface area contributed by atoms with E-state index in [1.54, 1.807) is 9.75 Å². The van der Waals surface area contributed by atoms with Crippen molar-refractivity contribution in [3.8, 4) is 0 Å². The molecule has 1 nitrogen and oxygen atoms in total. The Morgan fingerprint density at radius 3 is 2.62 bits per heavy atom. The molecule has 2 saturated carbocycles. The Morgan fingerprint density at radius 2 is 2.06 bits per heavy atom. The molecule has 2 heteroatoms. The number of aryl methyl sites for hydroxylation is 1. The van der Waals surface area contributed by atoms with Crippen LogP contribution in [0.2, 0.25) is 0 Å². The lowest BCUT2D eigenvalue weighted by molar-refractivity contribution is 0.456. The van der Waals surface area contributed by atoms with E-state index in [2.05, 4.69) is 24.4 Å². The average Bonchev–Trinajstić information content (AvgIpc) is 3.18. The third kappa shape index (κ3) is 2.49. The lowest BCUT2D eigenvalue weighted by atomic mass is 10.0. The molecule has 0 amide bonds. The SMILES string of the molecule is CCc1ccc(CC2(CNC3CC3)CC2)s1. The van der Waals surface area contributed by atoms with Crippen LogP contribution in [0.5, 0.6) is 0 Å². The molecular formula is C14H21NS. The van der Waals surface area contributed by atoms with Crippen molar-refractivity contribution in [3.63, 3.8) is 0 Å². The van der Waals surface area contributed by atoms with Crippen LogP contribution >= 0.6 is 11.3 Å². The van der Waals surface area contributed by atoms with Crippen LogP contribution in [0.15, 0.2) is 12.1 Å². The van der Waals surface area contributed by atoms with Gasteiger partial charge in [-0.05, 0) is 56.1 Å². The molecular weight excluding hydrogens is 214 g/mol. The maximum atomic E-state index is 3.71. The number of rotatable bonds is 6. The van der Waals surface area contributed by atoms with E-state index in [9.17, 15) is 0 Å². The Kier molecular flexibility index (Phi) is 2.80. The minimum Gasteiger partial charge on any atom is -0.313 e. The smallest absolute Gasteiger partial charge is 0.00684 e. The first-order valence-electron chi connectivity index (χ1n) is 6.61. The van der Waals surface area contributed by atoms with Crippen LogP contribution < -0.4 is 5.32 Å². The summed E-state index contributed by atoms with van der Waals surface area (Å²) >= 11 is 2.02. The fourth-order valence-electron chi connectivity index (χ4n) is 2.32. The molecule has 2 fully saturated rings. The molecule has 3 rings (SSSR count). The summed E-state index contributed by atoms with van der Waals surface area (Å²) < 4.78 is 0. The second kappa shape index (κ2) is 4.15. The number of hydrogen-bond acceptors (Lipinski definition) is 2. The molecule has 2 aliphatic rings. The number of nitrogens with one attached hydrogen (secondary N) is 1. The molecule has 1 aromatic heterocycles. The molecule has 88 valence electrons. The summed E-state index contributed by atoms with van der Waals surface area (Å²) in [5.74, 6) is 0. The molecule has 0 atom stereocenters. The van der Waals surface area contributed by atoms with E-state index in [4.69, 9.17) is 0 Å². The second-order valence-corrected chi connectivity index (χ2v) is 6.81. The third-order valence-corrected chi connectivity index (χ3v) is 5.14. The van der Waals surface area contributed by atoms with E-state index in [1.165, 1.54) is 45.1 Å². The Morgan fingerprint density at radius 1 is 1.31 bits per heavy atom. The van der Waals surface area contributed by atoms with Gasteiger partial charge in [-0.25, -0.2) is 0 Å². The summed E-state index contributed by atoms with van der Waals surface area (Å²) in [6, 6.07) is 5.53. The van der Waals surface area contributed by atoms with Crippen LogP contribution in [0.3, 0.4) is 0 Å². The predicted octanol–water partition coefficient (Wildman–Crippen LogP) is 3.39. The van der Waals surface area contributed by atoms with Crippen molar-refractivity contribution in [1.82, 2.24) is 5.32 Å². The van der Waals surface area contributed by atoms with Gasteiger partial charge in [-0.15, -0.1) is 11.3 Å². The first-order chi connectivity index (χ1) is 7.80. The van der Waals surface area contributed by atoms with Gasteiger partial charge < -0.3 is 5.32 Å². The van der Waals surface area contributed by atoms with Crippen molar-refractivity contribution >= 4 is 11.3 Å². The summed E-state index contributed by atoms with van der Waals surface area (Å²) in [6.07, 6.45) is 8.21. The topological polar surface area (TPSA) is 12.0 Å². The molecule has 0 saturated heterocycles. The Balaban J connectivity index is 1.55. The van der Waals surface area contributed by atoms with Gasteiger partial charge in [0.15, 0.2) is 0 Å². The van der Waals surface area contributed by atoms with Crippen LogP contribution in [0.1, 0.15) is 42.4 Å². The first kappa shape index (κ1) is 10.8. The van der Waals surface area contributed by atoms with E-state index in [-0.39, 0.29) is 0 Å². The van der Waals surface area contributed by atoms with Crippen molar-refractivity contribution in [3.05, 3.63) is 21.9 Å². The zero-order valence-corrected chi connectivity index (χ0v) is 10.9. The monoisotopic (exact) mass is 235 g/mol. The minimum absolute atomic E-state index is 0.637. The van der Waals surface area contributed by atoms with Gasteiger partial charge in [-0.2, -0.15) is 0 Å². The third-order valence-electron chi connectivity index (χ3n) is 3.92. The molecule has 0 aliphatic heterocycles. The lowest BCUT2D eigenvalue weighted by Crippen LogP contribution is -2.27. The highest BCUT2D eigenvalue weighted by atomic mass is 32.1. The van der Waals surface area contributed by atoms with Gasteiger partial charge in [0.05, 0.1) is 0 Å². The van der Waals surface area contributed by atoms with Gasteiger partial charge in [-0.3, -0.25) is 0 Å². The van der Waals surface area contributed by atoms with Crippen LogP contribution in [-0.4, -0.2) is 12.6 Å². The van der Waals surface area contributed by atoms with Crippen molar-refractivity contribution in [1.29, 1.82) is 0 Å². The highest BCUT2D eigenvalue weighted by Crippen LogP contribution is 2.49. The van der Waals surface area contributed by atoms with Gasteiger partial charge in [-0.1, -0.05) is 6.92 Å². The minimum atomic E-state index is 0.637. The van der Waals surface area contributed by atoms with Crippen LogP contribution in [0, 0.1) is 5.41 Å². The normalized spacial score (nSPS) is 22.3. The van der Waals surface area contributed by atoms with E-state index in [0.717, 1.165) is 6.04 Å². The molecule has 0 bridgehead atoms. The van der Waals surface area contributed by atoms with Crippen LogP contribution in [0.4, 0.5) is 0 Å². The van der Waals surface area contributed by atoms with Crippen molar-refractivity contribution in [2.45, 2.75) is 51.5 Å². The highest BCUT2D eigenvalue weighted by Gasteiger charge is 2.43. The van der Waals surface area contributed by atoms with Gasteiger partial charge in [0.1, 0.15) is 0 Å². The molecule has 1 N–H and O–H groups in total. The molecule has 1 heterocycles. The Bertz CT molecular complexity index is 361. The van der Waals surface area contributed by atoms with Crippen molar-refractivity contribution in [2.24, 2.45) is 5.41 Å². The lowest BCUT2D eigenvalue weighted by Gasteiger charge is -2.14. The van der Waals surface area contributed by atoms with Gasteiger partial charge in [0.2, 0.25) is 0 Å². The summed E-state index contributed by atoms with van der Waals surface area (Å²) in [4.78, 5) is 3.15. The predicted molar refractivity (Wildman–Crippen MR) is 70.1 cm³/mol. The fourth-order valence-corrected chi connectivity index (χ4v) is 3.45. The number of thiophene rings is 1. The standard InChI is InChI=1S/C14H21NS/c1-2-12-5-6-13(16-12)9-14(7-8-14)10-15-11-3-4-11/h5-6,11,15H,2-4,7-10H2,1H3. The van der Waals surface area contributed by atoms with E-state index < -0.39 is 0 Å². The van der Waals surface area contributed by atoms with E-state index in [1.807, 2.05) is 11.3 Å². The zero-order valence-electron chi connectivity index (χ0n) is 10.1. The van der Waals surface area contributed by atoms with Crippen LogP contribution in [-0.2, 0) is 12.8 Å². The van der Waals surface area contributed by atoms with Crippen molar-refractivity contribution < 1.29 is 0 Å². The molecule has 0 aromatic carbocycles. The van der Waals surface area contributed by atoms with Crippen molar-refractivity contribution in [2.75, 3.05) is 6.54 Å². The summed E-state index contributed by atoms with van der Waals surface area (Å²) in [6.45, 7) is 3.51. The molecule has 0 unspecified atom stereocenters. The maximum Gasteiger partial charge on any atom is 0.00684 e. The zero-order chi connectivity index (χ0) is 11.0. The van der Waals surface area contributed by atoms with Gasteiger partial charge in [0, 0.05) is 22.3 Å². The quantitative estimate of drug-likeness (QED) is 0.797. The molecule has 1 aromatic rings. The fraction of sp³-hybridized carbons (Fsp3) is 0.714. The molecule has 16 heavy (non-hydrogen) atoms. The van der Waals surface area contributed by atoms with Crippen LogP contribution in [0.25, 0.3) is 0 Å². The van der Waals surface area contributed by atoms with E-state index >= 15 is 0 Å². The first-order valence-corrected chi connectivity index (χ1v) is 7.42.